The van der Waals surface area contributed by atoms with E-state index in [1.54, 1.807) is 0 Å². The molecule has 0 aromatic heterocycles. The van der Waals surface area contributed by atoms with Crippen LogP contribution in [0.3, 0.4) is 0 Å². The summed E-state index contributed by atoms with van der Waals surface area (Å²) in [5.74, 6) is -1.40. The number of anilines is 1. The number of carbonyl (C=O) groups is 2. The maximum absolute atomic E-state index is 11.9. The van der Waals surface area contributed by atoms with Gasteiger partial charge in [-0.2, -0.15) is 0 Å². The van der Waals surface area contributed by atoms with Crippen molar-refractivity contribution >= 4 is 64.0 Å². The highest BCUT2D eigenvalue weighted by atomic mass is 35.5. The normalized spacial score (nSPS) is 10.3. The van der Waals surface area contributed by atoms with Crippen LogP contribution in [0.4, 0.5) is 5.69 Å². The summed E-state index contributed by atoms with van der Waals surface area (Å²) in [5, 5.41) is 11.8. The molecule has 5 nitrogen and oxygen atoms in total. The number of phenols is 1. The van der Waals surface area contributed by atoms with Gasteiger partial charge < -0.3 is 15.2 Å². The van der Waals surface area contributed by atoms with E-state index in [4.69, 9.17) is 56.2 Å². The smallest absolute Gasteiger partial charge is 0.338 e. The Morgan fingerprint density at radius 3 is 2.08 bits per heavy atom. The summed E-state index contributed by atoms with van der Waals surface area (Å²) >= 11 is 23.7. The van der Waals surface area contributed by atoms with Crippen molar-refractivity contribution in [3.63, 3.8) is 0 Å². The second-order valence-electron chi connectivity index (χ2n) is 4.51. The van der Waals surface area contributed by atoms with E-state index in [1.807, 2.05) is 0 Å². The second-order valence-corrected chi connectivity index (χ2v) is 6.08. The van der Waals surface area contributed by atoms with E-state index in [9.17, 15) is 9.59 Å². The van der Waals surface area contributed by atoms with Crippen LogP contribution in [-0.4, -0.2) is 23.6 Å². The Bertz CT molecular complexity index is 767. The van der Waals surface area contributed by atoms with Crippen LogP contribution in [0.2, 0.25) is 20.1 Å². The lowest BCUT2D eigenvalue weighted by Gasteiger charge is -2.12. The fourth-order valence-electron chi connectivity index (χ4n) is 1.67. The molecule has 0 aliphatic carbocycles. The van der Waals surface area contributed by atoms with Gasteiger partial charge in [-0.3, -0.25) is 4.79 Å². The maximum Gasteiger partial charge on any atom is 0.338 e. The quantitative estimate of drug-likeness (QED) is 0.562. The predicted molar refractivity (Wildman–Crippen MR) is 93.5 cm³/mol. The number of aromatic hydroxyl groups is 1. The molecule has 0 bridgehead atoms. The molecule has 9 heteroatoms. The SMILES string of the molecule is O=C(COC(=O)c1ccc(O)cc1)Nc1c(Cl)c(Cl)cc(Cl)c1Cl. The van der Waals surface area contributed by atoms with Crippen molar-refractivity contribution in [3.05, 3.63) is 56.0 Å². The average molecular weight is 409 g/mol. The van der Waals surface area contributed by atoms with Gasteiger partial charge in [-0.05, 0) is 30.3 Å². The van der Waals surface area contributed by atoms with Crippen molar-refractivity contribution in [2.24, 2.45) is 0 Å². The Morgan fingerprint density at radius 1 is 1.00 bits per heavy atom. The van der Waals surface area contributed by atoms with Crippen LogP contribution in [0.5, 0.6) is 5.75 Å². The minimum Gasteiger partial charge on any atom is -0.508 e. The lowest BCUT2D eigenvalue weighted by atomic mass is 10.2. The number of benzene rings is 2. The molecule has 0 spiro atoms. The molecule has 2 aromatic carbocycles. The van der Waals surface area contributed by atoms with Gasteiger partial charge in [-0.15, -0.1) is 0 Å². The van der Waals surface area contributed by atoms with Crippen LogP contribution in [0.1, 0.15) is 10.4 Å². The Kier molecular flexibility index (Phi) is 6.18. The molecule has 0 unspecified atom stereocenters. The largest absolute Gasteiger partial charge is 0.508 e. The fourth-order valence-corrected chi connectivity index (χ4v) is 2.57. The summed E-state index contributed by atoms with van der Waals surface area (Å²) in [5.41, 5.74) is 0.212. The van der Waals surface area contributed by atoms with Crippen LogP contribution in [0.15, 0.2) is 30.3 Å². The molecule has 0 atom stereocenters. The van der Waals surface area contributed by atoms with Gasteiger partial charge in [0, 0.05) is 0 Å². The standard InChI is InChI=1S/C15H9Cl4NO4/c16-9-5-10(17)13(19)14(12(9)18)20-11(22)6-24-15(23)7-1-3-8(21)4-2-7/h1-5,21H,6H2,(H,20,22). The Balaban J connectivity index is 2.02. The summed E-state index contributed by atoms with van der Waals surface area (Å²) in [6.07, 6.45) is 0. The van der Waals surface area contributed by atoms with E-state index in [0.717, 1.165) is 0 Å². The molecule has 0 heterocycles. The zero-order valence-electron chi connectivity index (χ0n) is 11.8. The summed E-state index contributed by atoms with van der Waals surface area (Å²) in [6, 6.07) is 6.71. The Hall–Kier alpha value is -1.66. The molecule has 0 saturated carbocycles. The van der Waals surface area contributed by atoms with Crippen molar-refractivity contribution in [2.75, 3.05) is 11.9 Å². The third-order valence-corrected chi connectivity index (χ3v) is 4.39. The monoisotopic (exact) mass is 407 g/mol. The molecule has 2 N–H and O–H groups in total. The third kappa shape index (κ3) is 4.45. The minimum atomic E-state index is -0.730. The molecule has 0 radical (unpaired) electrons. The number of esters is 1. The van der Waals surface area contributed by atoms with Crippen molar-refractivity contribution in [1.29, 1.82) is 0 Å². The van der Waals surface area contributed by atoms with Gasteiger partial charge in [0.2, 0.25) is 0 Å². The maximum atomic E-state index is 11.9. The summed E-state index contributed by atoms with van der Waals surface area (Å²) in [6.45, 7) is -0.573. The lowest BCUT2D eigenvalue weighted by Crippen LogP contribution is -2.21. The highest BCUT2D eigenvalue weighted by molar-refractivity contribution is 6.50. The molecule has 2 aromatic rings. The first-order chi connectivity index (χ1) is 11.3. The first-order valence-corrected chi connectivity index (χ1v) is 7.89. The van der Waals surface area contributed by atoms with Crippen LogP contribution >= 0.6 is 46.4 Å². The number of hydrogen-bond acceptors (Lipinski definition) is 4. The zero-order chi connectivity index (χ0) is 17.9. The molecule has 24 heavy (non-hydrogen) atoms. The highest BCUT2D eigenvalue weighted by Crippen LogP contribution is 2.40. The average Bonchev–Trinajstić information content (AvgIpc) is 2.55. The van der Waals surface area contributed by atoms with Crippen LogP contribution < -0.4 is 5.32 Å². The number of hydrogen-bond donors (Lipinski definition) is 2. The van der Waals surface area contributed by atoms with Crippen molar-refractivity contribution in [1.82, 2.24) is 0 Å². The first kappa shape index (κ1) is 18.7. The van der Waals surface area contributed by atoms with Crippen LogP contribution in [0, 0.1) is 0 Å². The molecule has 0 fully saturated rings. The van der Waals surface area contributed by atoms with Gasteiger partial charge in [0.05, 0.1) is 31.3 Å². The zero-order valence-corrected chi connectivity index (χ0v) is 14.8. The number of rotatable bonds is 4. The molecule has 0 aliphatic rings. The number of halogens is 4. The van der Waals surface area contributed by atoms with E-state index in [-0.39, 0.29) is 37.1 Å². The van der Waals surface area contributed by atoms with Crippen LogP contribution in [0.25, 0.3) is 0 Å². The molecular weight excluding hydrogens is 400 g/mol. The van der Waals surface area contributed by atoms with E-state index in [0.29, 0.717) is 0 Å². The fraction of sp³-hybridized carbons (Fsp3) is 0.0667. The number of amides is 1. The van der Waals surface area contributed by atoms with Gasteiger partial charge in [0.1, 0.15) is 5.75 Å². The third-order valence-electron chi connectivity index (χ3n) is 2.81. The second kappa shape index (κ2) is 7.94. The number of phenolic OH excluding ortho intramolecular Hbond substituents is 1. The lowest BCUT2D eigenvalue weighted by molar-refractivity contribution is -0.119. The van der Waals surface area contributed by atoms with E-state index in [1.165, 1.54) is 30.3 Å². The Labute approximate surface area is 157 Å². The molecule has 1 amide bonds. The highest BCUT2D eigenvalue weighted by Gasteiger charge is 2.17. The number of carbonyl (C=O) groups excluding carboxylic acids is 2. The molecule has 126 valence electrons. The van der Waals surface area contributed by atoms with Crippen molar-refractivity contribution < 1.29 is 19.4 Å². The summed E-state index contributed by atoms with van der Waals surface area (Å²) < 4.78 is 4.86. The molecule has 0 aliphatic heterocycles. The summed E-state index contributed by atoms with van der Waals surface area (Å²) in [4.78, 5) is 23.7. The summed E-state index contributed by atoms with van der Waals surface area (Å²) in [7, 11) is 0. The van der Waals surface area contributed by atoms with Crippen molar-refractivity contribution in [3.8, 4) is 5.75 Å². The first-order valence-electron chi connectivity index (χ1n) is 6.38. The van der Waals surface area contributed by atoms with Gasteiger partial charge >= 0.3 is 5.97 Å². The van der Waals surface area contributed by atoms with Gasteiger partial charge in [-0.25, -0.2) is 4.79 Å². The topological polar surface area (TPSA) is 75.6 Å². The van der Waals surface area contributed by atoms with Gasteiger partial charge in [0.15, 0.2) is 6.61 Å². The van der Waals surface area contributed by atoms with E-state index < -0.39 is 18.5 Å². The minimum absolute atomic E-state index is 0.00594. The van der Waals surface area contributed by atoms with E-state index in [2.05, 4.69) is 5.32 Å². The molecule has 2 rings (SSSR count). The molecular formula is C15H9Cl4NO4. The Morgan fingerprint density at radius 2 is 1.54 bits per heavy atom. The van der Waals surface area contributed by atoms with Crippen LogP contribution in [-0.2, 0) is 9.53 Å². The van der Waals surface area contributed by atoms with Gasteiger partial charge in [-0.1, -0.05) is 46.4 Å². The van der Waals surface area contributed by atoms with Crippen molar-refractivity contribution in [2.45, 2.75) is 0 Å². The van der Waals surface area contributed by atoms with Gasteiger partial charge in [0.25, 0.3) is 5.91 Å². The number of ether oxygens (including phenoxy) is 1. The van der Waals surface area contributed by atoms with E-state index >= 15 is 0 Å². The molecule has 0 saturated heterocycles. The number of nitrogens with one attached hydrogen (secondary N) is 1. The predicted octanol–water partition coefficient (Wildman–Crippen LogP) is 4.80.